The lowest BCUT2D eigenvalue weighted by Gasteiger charge is -2.44. The first-order chi connectivity index (χ1) is 13.7. The maximum absolute atomic E-state index is 9.81. The number of aliphatic carboxylic acids is 1. The molecule has 1 aromatic rings. The smallest absolute Gasteiger partial charge is 0.303 e. The second kappa shape index (κ2) is 10.9. The largest absolute Gasteiger partial charge is 0.493 e. The van der Waals surface area contributed by atoms with E-state index in [1.165, 1.54) is 43.5 Å². The van der Waals surface area contributed by atoms with Crippen LogP contribution in [0.15, 0.2) is 12.1 Å². The molecule has 2 aliphatic heterocycles. The van der Waals surface area contributed by atoms with Gasteiger partial charge in [-0.3, -0.25) is 9.69 Å². The van der Waals surface area contributed by atoms with E-state index >= 15 is 0 Å². The fraction of sp³-hybridized carbons (Fsp3) is 0.708. The van der Waals surface area contributed by atoms with E-state index in [2.05, 4.69) is 30.9 Å². The molecule has 2 aliphatic rings. The summed E-state index contributed by atoms with van der Waals surface area (Å²) in [4.78, 5) is 12.5. The van der Waals surface area contributed by atoms with Crippen LogP contribution >= 0.6 is 0 Å². The molecule has 1 N–H and O–H groups in total. The minimum atomic E-state index is -0.713. The van der Waals surface area contributed by atoms with E-state index < -0.39 is 5.97 Å². The van der Waals surface area contributed by atoms with Crippen LogP contribution in [0.1, 0.15) is 70.5 Å². The summed E-state index contributed by atoms with van der Waals surface area (Å²) < 4.78 is 11.0. The van der Waals surface area contributed by atoms with Crippen molar-refractivity contribution in [1.82, 2.24) is 4.90 Å². The van der Waals surface area contributed by atoms with Gasteiger partial charge in [0.2, 0.25) is 0 Å². The Kier molecular flexibility index (Phi) is 8.81. The maximum atomic E-state index is 9.81. The number of rotatable bonds is 6. The molecule has 0 aromatic heterocycles. The van der Waals surface area contributed by atoms with Crippen molar-refractivity contribution in [3.8, 4) is 11.5 Å². The van der Waals surface area contributed by atoms with Gasteiger partial charge in [-0.05, 0) is 66.7 Å². The quantitative estimate of drug-likeness (QED) is 0.707. The lowest BCUT2D eigenvalue weighted by molar-refractivity contribution is -0.137. The zero-order valence-corrected chi connectivity index (χ0v) is 19.0. The highest BCUT2D eigenvalue weighted by molar-refractivity contribution is 5.66. The fourth-order valence-corrected chi connectivity index (χ4v) is 4.66. The van der Waals surface area contributed by atoms with Crippen molar-refractivity contribution >= 4 is 5.97 Å². The summed E-state index contributed by atoms with van der Waals surface area (Å²) >= 11 is 0. The molecule has 1 fully saturated rings. The third-order valence-electron chi connectivity index (χ3n) is 5.84. The van der Waals surface area contributed by atoms with Crippen LogP contribution < -0.4 is 9.47 Å². The van der Waals surface area contributed by atoms with Gasteiger partial charge in [0.15, 0.2) is 11.5 Å². The summed E-state index contributed by atoms with van der Waals surface area (Å²) in [5, 5.41) is 8.08. The Hall–Kier alpha value is -1.75. The standard InChI is InChI=1S/C19H29NO2.C5H10O2/c1-13(2)9-14-5-6-17-16-11-19(22-4)18(21-3)10-15(16)7-8-20(17)12-14;1-4(2)3-5(6)7/h10-11,13-14,17H,5-9,12H2,1-4H3;4H,3H2,1-2H3,(H,6,7)/t14-,17?;/m1./s1. The second-order valence-electron chi connectivity index (χ2n) is 9.23. The molecule has 29 heavy (non-hydrogen) atoms. The summed E-state index contributed by atoms with van der Waals surface area (Å²) in [6.07, 6.45) is 5.40. The van der Waals surface area contributed by atoms with Gasteiger partial charge in [0.05, 0.1) is 14.2 Å². The number of ether oxygens (including phenoxy) is 2. The molecule has 2 heterocycles. The molecule has 0 spiro atoms. The predicted octanol–water partition coefficient (Wildman–Crippen LogP) is 5.18. The van der Waals surface area contributed by atoms with E-state index in [1.54, 1.807) is 14.2 Å². The van der Waals surface area contributed by atoms with Gasteiger partial charge in [-0.2, -0.15) is 0 Å². The number of nitrogens with zero attached hydrogens (tertiary/aromatic N) is 1. The number of carbonyl (C=O) groups is 1. The normalized spacial score (nSPS) is 21.1. The van der Waals surface area contributed by atoms with Gasteiger partial charge < -0.3 is 14.6 Å². The van der Waals surface area contributed by atoms with E-state index in [4.69, 9.17) is 14.6 Å². The number of carboxylic acids is 1. The van der Waals surface area contributed by atoms with E-state index in [9.17, 15) is 4.79 Å². The van der Waals surface area contributed by atoms with Crippen molar-refractivity contribution in [1.29, 1.82) is 0 Å². The van der Waals surface area contributed by atoms with Gasteiger partial charge in [0.1, 0.15) is 0 Å². The molecule has 1 unspecified atom stereocenters. The number of fused-ring (bicyclic) bond motifs is 3. The molecule has 164 valence electrons. The van der Waals surface area contributed by atoms with Gasteiger partial charge in [-0.1, -0.05) is 27.7 Å². The molecule has 0 amide bonds. The average Bonchev–Trinajstić information content (AvgIpc) is 2.65. The lowest BCUT2D eigenvalue weighted by Crippen LogP contribution is -2.42. The van der Waals surface area contributed by atoms with Gasteiger partial charge >= 0.3 is 5.97 Å². The number of carboxylic acid groups (broad SMARTS) is 1. The molecule has 0 radical (unpaired) electrons. The third kappa shape index (κ3) is 6.63. The highest BCUT2D eigenvalue weighted by atomic mass is 16.5. The Labute approximate surface area is 176 Å². The van der Waals surface area contributed by atoms with Crippen LogP contribution in [0.5, 0.6) is 11.5 Å². The lowest BCUT2D eigenvalue weighted by atomic mass is 9.81. The molecular formula is C24H39NO4. The van der Waals surface area contributed by atoms with Crippen LogP contribution in [-0.2, 0) is 11.2 Å². The summed E-state index contributed by atoms with van der Waals surface area (Å²) in [5.74, 6) is 2.98. The zero-order chi connectivity index (χ0) is 21.6. The van der Waals surface area contributed by atoms with Crippen LogP contribution in [0, 0.1) is 17.8 Å². The van der Waals surface area contributed by atoms with E-state index in [1.807, 2.05) is 13.8 Å². The number of methoxy groups -OCH3 is 2. The van der Waals surface area contributed by atoms with E-state index in [0.717, 1.165) is 29.8 Å². The minimum absolute atomic E-state index is 0.275. The summed E-state index contributed by atoms with van der Waals surface area (Å²) in [6.45, 7) is 10.9. The van der Waals surface area contributed by atoms with Crippen molar-refractivity contribution in [2.75, 3.05) is 27.3 Å². The number of piperidine rings is 1. The number of hydrogen-bond acceptors (Lipinski definition) is 4. The Morgan fingerprint density at radius 2 is 1.76 bits per heavy atom. The van der Waals surface area contributed by atoms with Crippen LogP contribution in [0.25, 0.3) is 0 Å². The topological polar surface area (TPSA) is 59.0 Å². The SMILES string of the molecule is CC(C)CC(=O)O.COc1cc2c(cc1OC)C1CC[C@H](CC(C)C)CN1CC2. The fourth-order valence-electron chi connectivity index (χ4n) is 4.66. The van der Waals surface area contributed by atoms with Crippen LogP contribution in [-0.4, -0.2) is 43.3 Å². The monoisotopic (exact) mass is 405 g/mol. The van der Waals surface area contributed by atoms with Crippen LogP contribution in [0.2, 0.25) is 0 Å². The molecule has 5 nitrogen and oxygen atoms in total. The molecule has 2 atom stereocenters. The second-order valence-corrected chi connectivity index (χ2v) is 9.23. The Balaban J connectivity index is 0.000000370. The molecule has 0 saturated carbocycles. The molecular weight excluding hydrogens is 366 g/mol. The van der Waals surface area contributed by atoms with Crippen LogP contribution in [0.4, 0.5) is 0 Å². The van der Waals surface area contributed by atoms with Crippen molar-refractivity contribution in [3.05, 3.63) is 23.3 Å². The molecule has 1 aromatic carbocycles. The Bertz CT molecular complexity index is 671. The van der Waals surface area contributed by atoms with Crippen molar-refractivity contribution in [2.45, 2.75) is 65.8 Å². The van der Waals surface area contributed by atoms with Gasteiger partial charge in [-0.25, -0.2) is 0 Å². The van der Waals surface area contributed by atoms with Crippen molar-refractivity contribution in [2.24, 2.45) is 17.8 Å². The molecule has 3 rings (SSSR count). The highest BCUT2D eigenvalue weighted by Gasteiger charge is 2.34. The number of hydrogen-bond donors (Lipinski definition) is 1. The predicted molar refractivity (Wildman–Crippen MR) is 117 cm³/mol. The first-order valence-electron chi connectivity index (χ1n) is 11.0. The van der Waals surface area contributed by atoms with Gasteiger partial charge in [0, 0.05) is 25.6 Å². The first kappa shape index (κ1) is 23.5. The third-order valence-corrected chi connectivity index (χ3v) is 5.84. The maximum Gasteiger partial charge on any atom is 0.303 e. The van der Waals surface area contributed by atoms with Crippen LogP contribution in [0.3, 0.4) is 0 Å². The minimum Gasteiger partial charge on any atom is -0.493 e. The summed E-state index contributed by atoms with van der Waals surface area (Å²) in [7, 11) is 3.45. The van der Waals surface area contributed by atoms with E-state index in [-0.39, 0.29) is 12.3 Å². The Morgan fingerprint density at radius 1 is 1.10 bits per heavy atom. The molecule has 0 bridgehead atoms. The van der Waals surface area contributed by atoms with Gasteiger partial charge in [0.25, 0.3) is 0 Å². The first-order valence-corrected chi connectivity index (χ1v) is 11.0. The van der Waals surface area contributed by atoms with E-state index in [0.29, 0.717) is 6.04 Å². The zero-order valence-electron chi connectivity index (χ0n) is 19.0. The molecule has 1 saturated heterocycles. The molecule has 0 aliphatic carbocycles. The van der Waals surface area contributed by atoms with Gasteiger partial charge in [-0.15, -0.1) is 0 Å². The van der Waals surface area contributed by atoms with Crippen molar-refractivity contribution < 1.29 is 19.4 Å². The average molecular weight is 406 g/mol. The summed E-state index contributed by atoms with van der Waals surface area (Å²) in [6, 6.07) is 4.98. The van der Waals surface area contributed by atoms with Crippen molar-refractivity contribution in [3.63, 3.8) is 0 Å². The highest BCUT2D eigenvalue weighted by Crippen LogP contribution is 2.43. The summed E-state index contributed by atoms with van der Waals surface area (Å²) in [5.41, 5.74) is 2.91. The molecule has 5 heteroatoms. The Morgan fingerprint density at radius 3 is 2.28 bits per heavy atom. The number of benzene rings is 1.